The first-order chi connectivity index (χ1) is 14.1. The van der Waals surface area contributed by atoms with Crippen LogP contribution in [0.15, 0.2) is 54.9 Å². The Kier molecular flexibility index (Phi) is 5.74. The number of anilines is 2. The molecule has 0 unspecified atom stereocenters. The van der Waals surface area contributed by atoms with E-state index in [1.165, 1.54) is 0 Å². The molecule has 0 spiro atoms. The zero-order chi connectivity index (χ0) is 20.2. The van der Waals surface area contributed by atoms with Gasteiger partial charge in [-0.1, -0.05) is 29.8 Å². The molecule has 1 N–H and O–H groups in total. The average molecular weight is 409 g/mol. The molecule has 29 heavy (non-hydrogen) atoms. The molecule has 1 saturated heterocycles. The van der Waals surface area contributed by atoms with E-state index in [-0.39, 0.29) is 5.91 Å². The Morgan fingerprint density at radius 1 is 1.07 bits per heavy atom. The first-order valence-electron chi connectivity index (χ1n) is 9.43. The molecule has 0 radical (unpaired) electrons. The number of aryl methyl sites for hydroxylation is 1. The van der Waals surface area contributed by atoms with E-state index >= 15 is 0 Å². The highest BCUT2D eigenvalue weighted by molar-refractivity contribution is 6.31. The highest BCUT2D eigenvalue weighted by Gasteiger charge is 2.14. The first kappa shape index (κ1) is 19.4. The fourth-order valence-electron chi connectivity index (χ4n) is 3.14. The number of aromatic nitrogens is 2. The lowest BCUT2D eigenvalue weighted by Crippen LogP contribution is -2.36. The molecule has 3 aromatic rings. The molecule has 7 heteroatoms. The number of carbonyl (C=O) groups is 1. The lowest BCUT2D eigenvalue weighted by molar-refractivity contribution is 0.102. The number of hydrogen-bond acceptors (Lipinski definition) is 5. The molecule has 148 valence electrons. The van der Waals surface area contributed by atoms with Gasteiger partial charge in [0.25, 0.3) is 5.91 Å². The molecule has 0 atom stereocenters. The van der Waals surface area contributed by atoms with E-state index in [0.717, 1.165) is 35.7 Å². The number of nitrogens with zero attached hydrogens (tertiary/aromatic N) is 3. The summed E-state index contributed by atoms with van der Waals surface area (Å²) in [6.45, 7) is 4.96. The third kappa shape index (κ3) is 4.55. The monoisotopic (exact) mass is 408 g/mol. The van der Waals surface area contributed by atoms with Crippen molar-refractivity contribution in [2.75, 3.05) is 36.5 Å². The van der Waals surface area contributed by atoms with E-state index < -0.39 is 0 Å². The Balaban J connectivity index is 1.48. The Labute approximate surface area is 174 Å². The molecule has 0 bridgehead atoms. The van der Waals surface area contributed by atoms with Gasteiger partial charge in [0.1, 0.15) is 12.1 Å². The second-order valence-electron chi connectivity index (χ2n) is 6.86. The number of halogens is 1. The van der Waals surface area contributed by atoms with Crippen LogP contribution in [-0.2, 0) is 4.74 Å². The van der Waals surface area contributed by atoms with Crippen molar-refractivity contribution in [2.24, 2.45) is 0 Å². The van der Waals surface area contributed by atoms with Gasteiger partial charge >= 0.3 is 0 Å². The molecule has 1 fully saturated rings. The normalized spacial score (nSPS) is 13.9. The molecular formula is C22H21ClN4O2. The highest BCUT2D eigenvalue weighted by Crippen LogP contribution is 2.23. The molecule has 1 amide bonds. The largest absolute Gasteiger partial charge is 0.378 e. The Hall–Kier alpha value is -2.96. The molecule has 6 nitrogen and oxygen atoms in total. The van der Waals surface area contributed by atoms with Crippen molar-refractivity contribution in [1.82, 2.24) is 9.97 Å². The molecule has 4 rings (SSSR count). The summed E-state index contributed by atoms with van der Waals surface area (Å²) < 4.78 is 5.40. The number of benzene rings is 2. The third-order valence-electron chi connectivity index (χ3n) is 4.86. The smallest absolute Gasteiger partial charge is 0.255 e. The van der Waals surface area contributed by atoms with Crippen molar-refractivity contribution in [3.05, 3.63) is 71.0 Å². The van der Waals surface area contributed by atoms with Crippen molar-refractivity contribution < 1.29 is 9.53 Å². The van der Waals surface area contributed by atoms with Crippen molar-refractivity contribution in [1.29, 1.82) is 0 Å². The fraction of sp³-hybridized carbons (Fsp3) is 0.227. The van der Waals surface area contributed by atoms with Crippen LogP contribution in [-0.4, -0.2) is 42.2 Å². The summed E-state index contributed by atoms with van der Waals surface area (Å²) in [5.41, 5.74) is 3.94. The van der Waals surface area contributed by atoms with Gasteiger partial charge in [0.2, 0.25) is 0 Å². The van der Waals surface area contributed by atoms with E-state index in [4.69, 9.17) is 16.3 Å². The third-order valence-corrected chi connectivity index (χ3v) is 5.27. The summed E-state index contributed by atoms with van der Waals surface area (Å²) >= 11 is 6.13. The Bertz CT molecular complexity index is 1020. The SMILES string of the molecule is Cc1ccc(NC(=O)c2ccc(-c3cc(N4CCOCC4)ncn3)cc2)cc1Cl. The van der Waals surface area contributed by atoms with Crippen LogP contribution in [0.25, 0.3) is 11.3 Å². The second kappa shape index (κ2) is 8.59. The van der Waals surface area contributed by atoms with Crippen LogP contribution in [0.5, 0.6) is 0 Å². The summed E-state index contributed by atoms with van der Waals surface area (Å²) in [4.78, 5) is 23.5. The molecule has 1 aromatic heterocycles. The van der Waals surface area contributed by atoms with Crippen molar-refractivity contribution in [3.63, 3.8) is 0 Å². The molecule has 0 saturated carbocycles. The average Bonchev–Trinajstić information content (AvgIpc) is 2.77. The fourth-order valence-corrected chi connectivity index (χ4v) is 3.32. The van der Waals surface area contributed by atoms with Crippen LogP contribution in [0, 0.1) is 6.92 Å². The van der Waals surface area contributed by atoms with Gasteiger partial charge in [-0.3, -0.25) is 4.79 Å². The first-order valence-corrected chi connectivity index (χ1v) is 9.80. The summed E-state index contributed by atoms with van der Waals surface area (Å²) in [7, 11) is 0. The van der Waals surface area contributed by atoms with Crippen molar-refractivity contribution in [3.8, 4) is 11.3 Å². The lowest BCUT2D eigenvalue weighted by atomic mass is 10.1. The number of ether oxygens (including phenoxy) is 1. The highest BCUT2D eigenvalue weighted by atomic mass is 35.5. The van der Waals surface area contributed by atoms with Gasteiger partial charge in [0, 0.05) is 41.0 Å². The van der Waals surface area contributed by atoms with Crippen LogP contribution in [0.4, 0.5) is 11.5 Å². The molecule has 2 aromatic carbocycles. The number of morpholine rings is 1. The zero-order valence-electron chi connectivity index (χ0n) is 16.1. The van der Waals surface area contributed by atoms with E-state index in [0.29, 0.717) is 29.5 Å². The summed E-state index contributed by atoms with van der Waals surface area (Å²) in [6.07, 6.45) is 1.57. The minimum absolute atomic E-state index is 0.187. The number of nitrogens with one attached hydrogen (secondary N) is 1. The van der Waals surface area contributed by atoms with Crippen LogP contribution < -0.4 is 10.2 Å². The Morgan fingerprint density at radius 3 is 2.55 bits per heavy atom. The standard InChI is InChI=1S/C22H21ClN4O2/c1-15-2-7-18(12-19(15)23)26-22(28)17-5-3-16(4-6-17)20-13-21(25-14-24-20)27-8-10-29-11-9-27/h2-7,12-14H,8-11H2,1H3,(H,26,28). The number of amides is 1. The van der Waals surface area contributed by atoms with E-state index in [1.54, 1.807) is 24.5 Å². The molecular weight excluding hydrogens is 388 g/mol. The van der Waals surface area contributed by atoms with Gasteiger partial charge in [0.05, 0.1) is 18.9 Å². The van der Waals surface area contributed by atoms with E-state index in [9.17, 15) is 4.79 Å². The zero-order valence-corrected chi connectivity index (χ0v) is 16.8. The number of rotatable bonds is 4. The maximum absolute atomic E-state index is 12.5. The topological polar surface area (TPSA) is 67.4 Å². The molecule has 0 aliphatic carbocycles. The predicted molar refractivity (Wildman–Crippen MR) is 115 cm³/mol. The maximum Gasteiger partial charge on any atom is 0.255 e. The van der Waals surface area contributed by atoms with Gasteiger partial charge in [-0.2, -0.15) is 0 Å². The van der Waals surface area contributed by atoms with E-state index in [2.05, 4.69) is 20.2 Å². The lowest BCUT2D eigenvalue weighted by Gasteiger charge is -2.27. The van der Waals surface area contributed by atoms with Gasteiger partial charge in [-0.15, -0.1) is 0 Å². The van der Waals surface area contributed by atoms with Crippen LogP contribution in [0.2, 0.25) is 5.02 Å². The van der Waals surface area contributed by atoms with Gasteiger partial charge in [-0.25, -0.2) is 9.97 Å². The van der Waals surface area contributed by atoms with Gasteiger partial charge in [-0.05, 0) is 36.8 Å². The molecule has 1 aliphatic heterocycles. The van der Waals surface area contributed by atoms with Crippen LogP contribution in [0.1, 0.15) is 15.9 Å². The number of hydrogen-bond donors (Lipinski definition) is 1. The molecule has 1 aliphatic rings. The van der Waals surface area contributed by atoms with Gasteiger partial charge < -0.3 is 15.0 Å². The van der Waals surface area contributed by atoms with Crippen molar-refractivity contribution in [2.45, 2.75) is 6.92 Å². The van der Waals surface area contributed by atoms with Crippen LogP contribution in [0.3, 0.4) is 0 Å². The number of carbonyl (C=O) groups excluding carboxylic acids is 1. The quantitative estimate of drug-likeness (QED) is 0.701. The minimum Gasteiger partial charge on any atom is -0.378 e. The summed E-state index contributed by atoms with van der Waals surface area (Å²) in [5.74, 6) is 0.699. The Morgan fingerprint density at radius 2 is 1.83 bits per heavy atom. The van der Waals surface area contributed by atoms with Gasteiger partial charge in [0.15, 0.2) is 0 Å². The van der Waals surface area contributed by atoms with E-state index in [1.807, 2.05) is 37.3 Å². The second-order valence-corrected chi connectivity index (χ2v) is 7.26. The molecule has 2 heterocycles. The van der Waals surface area contributed by atoms with Crippen molar-refractivity contribution >= 4 is 29.0 Å². The van der Waals surface area contributed by atoms with Crippen LogP contribution >= 0.6 is 11.6 Å². The minimum atomic E-state index is -0.187. The predicted octanol–water partition coefficient (Wildman–Crippen LogP) is 4.19. The summed E-state index contributed by atoms with van der Waals surface area (Å²) in [5, 5.41) is 3.49. The summed E-state index contributed by atoms with van der Waals surface area (Å²) in [6, 6.07) is 14.8. The maximum atomic E-state index is 12.5.